The predicted octanol–water partition coefficient (Wildman–Crippen LogP) is 2.96. The van der Waals surface area contributed by atoms with E-state index in [4.69, 9.17) is 9.47 Å². The Labute approximate surface area is 126 Å². The maximum Gasteiger partial charge on any atom is 0.128 e. The summed E-state index contributed by atoms with van der Waals surface area (Å²) >= 11 is 0. The van der Waals surface area contributed by atoms with Crippen LogP contribution in [0.15, 0.2) is 18.2 Å². The number of phenols is 1. The summed E-state index contributed by atoms with van der Waals surface area (Å²) in [5.74, 6) is 1.72. The Morgan fingerprint density at radius 3 is 3.00 bits per heavy atom. The number of nitrogens with zero attached hydrogens (tertiary/aromatic N) is 1. The Bertz CT molecular complexity index is 515. The van der Waals surface area contributed by atoms with Crippen molar-refractivity contribution in [3.05, 3.63) is 23.8 Å². The lowest BCUT2D eigenvalue weighted by atomic mass is 9.88. The number of methoxy groups -OCH3 is 1. The molecule has 0 radical (unpaired) electrons. The molecule has 0 saturated carbocycles. The molecule has 1 N–H and O–H groups in total. The van der Waals surface area contributed by atoms with Crippen LogP contribution in [0.1, 0.15) is 38.3 Å². The topological polar surface area (TPSA) is 41.9 Å². The fourth-order valence-electron chi connectivity index (χ4n) is 3.64. The number of likely N-dealkylation sites (tertiary alicyclic amines) is 1. The van der Waals surface area contributed by atoms with Gasteiger partial charge in [0, 0.05) is 37.7 Å². The van der Waals surface area contributed by atoms with Gasteiger partial charge >= 0.3 is 0 Å². The third-order valence-electron chi connectivity index (χ3n) is 4.59. The van der Waals surface area contributed by atoms with Crippen molar-refractivity contribution in [2.45, 2.75) is 38.3 Å². The number of phenolic OH excluding ortho intramolecular Hbond substituents is 1. The number of aromatic hydroxyl groups is 1. The van der Waals surface area contributed by atoms with Gasteiger partial charge in [-0.25, -0.2) is 0 Å². The van der Waals surface area contributed by atoms with E-state index in [1.165, 1.54) is 12.0 Å². The summed E-state index contributed by atoms with van der Waals surface area (Å²) in [6.07, 6.45) is 2.17. The molecule has 4 heteroatoms. The van der Waals surface area contributed by atoms with Crippen molar-refractivity contribution in [2.24, 2.45) is 5.92 Å². The summed E-state index contributed by atoms with van der Waals surface area (Å²) in [6, 6.07) is 5.88. The quantitative estimate of drug-likeness (QED) is 0.929. The Morgan fingerprint density at radius 2 is 2.24 bits per heavy atom. The molecule has 1 aromatic carbocycles. The minimum Gasteiger partial charge on any atom is -0.508 e. The van der Waals surface area contributed by atoms with Crippen LogP contribution in [0.5, 0.6) is 11.5 Å². The Balaban J connectivity index is 1.85. The Hall–Kier alpha value is -1.26. The molecular formula is C17H25NO3. The van der Waals surface area contributed by atoms with Crippen LogP contribution in [0.2, 0.25) is 0 Å². The highest BCUT2D eigenvalue weighted by atomic mass is 16.5. The van der Waals surface area contributed by atoms with Crippen molar-refractivity contribution in [2.75, 3.05) is 26.8 Å². The Kier molecular flexibility index (Phi) is 3.84. The third-order valence-corrected chi connectivity index (χ3v) is 4.59. The van der Waals surface area contributed by atoms with Gasteiger partial charge < -0.3 is 14.6 Å². The molecule has 2 unspecified atom stereocenters. The van der Waals surface area contributed by atoms with Crippen molar-refractivity contribution in [1.82, 2.24) is 4.90 Å². The van der Waals surface area contributed by atoms with E-state index < -0.39 is 0 Å². The second-order valence-corrected chi connectivity index (χ2v) is 6.91. The molecule has 4 nitrogen and oxygen atoms in total. The first-order valence-corrected chi connectivity index (χ1v) is 7.73. The van der Waals surface area contributed by atoms with Gasteiger partial charge in [-0.05, 0) is 38.8 Å². The van der Waals surface area contributed by atoms with Gasteiger partial charge in [0.2, 0.25) is 0 Å². The minimum atomic E-state index is -0.204. The molecule has 0 bridgehead atoms. The fraction of sp³-hybridized carbons (Fsp3) is 0.647. The maximum absolute atomic E-state index is 9.71. The van der Waals surface area contributed by atoms with Crippen molar-refractivity contribution in [3.8, 4) is 11.5 Å². The van der Waals surface area contributed by atoms with Gasteiger partial charge in [0.1, 0.15) is 17.1 Å². The zero-order chi connectivity index (χ0) is 15.0. The molecule has 2 atom stereocenters. The van der Waals surface area contributed by atoms with E-state index in [2.05, 4.69) is 18.7 Å². The molecule has 3 rings (SSSR count). The lowest BCUT2D eigenvalue weighted by Gasteiger charge is -2.41. The number of hydrogen-bond donors (Lipinski definition) is 1. The summed E-state index contributed by atoms with van der Waals surface area (Å²) in [5, 5.41) is 9.71. The number of hydrogen-bond acceptors (Lipinski definition) is 4. The summed E-state index contributed by atoms with van der Waals surface area (Å²) < 4.78 is 11.4. The van der Waals surface area contributed by atoms with Gasteiger partial charge in [0.15, 0.2) is 0 Å². The SMILES string of the molecule is COCC1CCN(C2CC(C)(C)Oc3cc(O)ccc32)C1. The van der Waals surface area contributed by atoms with E-state index in [-0.39, 0.29) is 11.4 Å². The summed E-state index contributed by atoms with van der Waals surface area (Å²) in [7, 11) is 1.78. The maximum atomic E-state index is 9.71. The normalized spacial score (nSPS) is 28.1. The molecule has 2 heterocycles. The van der Waals surface area contributed by atoms with Crippen molar-refractivity contribution in [1.29, 1.82) is 0 Å². The van der Waals surface area contributed by atoms with Gasteiger partial charge in [-0.2, -0.15) is 0 Å². The average molecular weight is 291 g/mol. The van der Waals surface area contributed by atoms with Crippen molar-refractivity contribution in [3.63, 3.8) is 0 Å². The summed E-state index contributed by atoms with van der Waals surface area (Å²) in [4.78, 5) is 2.55. The summed E-state index contributed by atoms with van der Waals surface area (Å²) in [6.45, 7) is 7.26. The first kappa shape index (κ1) is 14.7. The van der Waals surface area contributed by atoms with E-state index in [1.54, 1.807) is 19.2 Å². The van der Waals surface area contributed by atoms with Crippen LogP contribution in [-0.2, 0) is 4.74 Å². The largest absolute Gasteiger partial charge is 0.508 e. The zero-order valence-corrected chi connectivity index (χ0v) is 13.1. The highest BCUT2D eigenvalue weighted by Crippen LogP contribution is 2.45. The molecule has 1 fully saturated rings. The highest BCUT2D eigenvalue weighted by molar-refractivity contribution is 5.44. The highest BCUT2D eigenvalue weighted by Gasteiger charge is 2.39. The molecule has 0 amide bonds. The number of rotatable bonds is 3. The van der Waals surface area contributed by atoms with Crippen LogP contribution in [0.25, 0.3) is 0 Å². The minimum absolute atomic E-state index is 0.204. The number of benzene rings is 1. The van der Waals surface area contributed by atoms with Crippen LogP contribution in [0.4, 0.5) is 0 Å². The fourth-order valence-corrected chi connectivity index (χ4v) is 3.64. The first-order chi connectivity index (χ1) is 9.98. The molecule has 0 aromatic heterocycles. The van der Waals surface area contributed by atoms with Crippen LogP contribution in [0, 0.1) is 5.92 Å². The molecule has 1 saturated heterocycles. The second kappa shape index (κ2) is 5.50. The molecular weight excluding hydrogens is 266 g/mol. The lowest BCUT2D eigenvalue weighted by molar-refractivity contribution is 0.0341. The van der Waals surface area contributed by atoms with Crippen molar-refractivity contribution >= 4 is 0 Å². The van der Waals surface area contributed by atoms with Gasteiger partial charge in [-0.15, -0.1) is 0 Å². The third kappa shape index (κ3) is 3.01. The van der Waals surface area contributed by atoms with E-state index >= 15 is 0 Å². The van der Waals surface area contributed by atoms with E-state index in [0.29, 0.717) is 12.0 Å². The monoisotopic (exact) mass is 291 g/mol. The average Bonchev–Trinajstić information content (AvgIpc) is 2.85. The van der Waals surface area contributed by atoms with Gasteiger partial charge in [-0.3, -0.25) is 4.90 Å². The van der Waals surface area contributed by atoms with Crippen molar-refractivity contribution < 1.29 is 14.6 Å². The Morgan fingerprint density at radius 1 is 1.43 bits per heavy atom. The number of ether oxygens (including phenoxy) is 2. The predicted molar refractivity (Wildman–Crippen MR) is 81.7 cm³/mol. The van der Waals surface area contributed by atoms with E-state index in [1.807, 2.05) is 6.07 Å². The molecule has 1 aromatic rings. The van der Waals surface area contributed by atoms with Gasteiger partial charge in [0.25, 0.3) is 0 Å². The van der Waals surface area contributed by atoms with Crippen LogP contribution in [0.3, 0.4) is 0 Å². The second-order valence-electron chi connectivity index (χ2n) is 6.91. The molecule has 116 valence electrons. The molecule has 2 aliphatic rings. The van der Waals surface area contributed by atoms with E-state index in [9.17, 15) is 5.11 Å². The van der Waals surface area contributed by atoms with Crippen LogP contribution in [-0.4, -0.2) is 42.4 Å². The van der Waals surface area contributed by atoms with Crippen LogP contribution >= 0.6 is 0 Å². The van der Waals surface area contributed by atoms with Crippen LogP contribution < -0.4 is 4.74 Å². The molecule has 2 aliphatic heterocycles. The summed E-state index contributed by atoms with van der Waals surface area (Å²) in [5.41, 5.74) is 0.996. The number of fused-ring (bicyclic) bond motifs is 1. The first-order valence-electron chi connectivity index (χ1n) is 7.73. The van der Waals surface area contributed by atoms with E-state index in [0.717, 1.165) is 31.9 Å². The molecule has 21 heavy (non-hydrogen) atoms. The molecule has 0 aliphatic carbocycles. The van der Waals surface area contributed by atoms with Gasteiger partial charge in [-0.1, -0.05) is 6.07 Å². The lowest BCUT2D eigenvalue weighted by Crippen LogP contribution is -2.40. The van der Waals surface area contributed by atoms with Gasteiger partial charge in [0.05, 0.1) is 6.61 Å². The smallest absolute Gasteiger partial charge is 0.128 e. The standard InChI is InChI=1S/C17H25NO3/c1-17(2)9-15(18-7-6-12(10-18)11-20-3)14-5-4-13(19)8-16(14)21-17/h4-5,8,12,15,19H,6-7,9-11H2,1-3H3. The zero-order valence-electron chi connectivity index (χ0n) is 13.1. The molecule has 0 spiro atoms.